The maximum atomic E-state index is 10.6. The van der Waals surface area contributed by atoms with Crippen LogP contribution in [0.15, 0.2) is 0 Å². The molecule has 0 aromatic rings. The highest BCUT2D eigenvalue weighted by Crippen LogP contribution is 2.55. The van der Waals surface area contributed by atoms with Crippen molar-refractivity contribution in [2.24, 2.45) is 23.5 Å². The third kappa shape index (κ3) is 1.24. The Morgan fingerprint density at radius 1 is 1.14 bits per heavy atom. The van der Waals surface area contributed by atoms with E-state index in [1.165, 1.54) is 25.7 Å². The van der Waals surface area contributed by atoms with E-state index >= 15 is 0 Å². The van der Waals surface area contributed by atoms with Gasteiger partial charge in [-0.1, -0.05) is 6.42 Å². The third-order valence-corrected chi connectivity index (χ3v) is 4.99. The van der Waals surface area contributed by atoms with Crippen LogP contribution in [0.2, 0.25) is 0 Å². The van der Waals surface area contributed by atoms with Crippen LogP contribution in [-0.4, -0.2) is 16.7 Å². The molecule has 0 heterocycles. The zero-order valence-electron chi connectivity index (χ0n) is 8.78. The van der Waals surface area contributed by atoms with E-state index in [2.05, 4.69) is 0 Å². The van der Waals surface area contributed by atoms with Crippen LogP contribution < -0.4 is 5.73 Å². The van der Waals surface area contributed by atoms with Crippen molar-refractivity contribution < 1.29 is 5.11 Å². The fraction of sp³-hybridized carbons (Fsp3) is 1.00. The van der Waals surface area contributed by atoms with Crippen LogP contribution in [0.4, 0.5) is 0 Å². The van der Waals surface area contributed by atoms with E-state index in [1.54, 1.807) is 0 Å². The summed E-state index contributed by atoms with van der Waals surface area (Å²) in [6.07, 6.45) is 8.32. The van der Waals surface area contributed by atoms with Gasteiger partial charge in [-0.2, -0.15) is 0 Å². The molecule has 5 unspecified atom stereocenters. The molecule has 2 nitrogen and oxygen atoms in total. The molecule has 80 valence electrons. The zero-order chi connectivity index (χ0) is 9.76. The Kier molecular flexibility index (Phi) is 1.94. The molecule has 0 spiro atoms. The lowest BCUT2D eigenvalue weighted by Gasteiger charge is -2.35. The summed E-state index contributed by atoms with van der Waals surface area (Å²) in [4.78, 5) is 0. The predicted octanol–water partition coefficient (Wildman–Crippen LogP) is 1.66. The van der Waals surface area contributed by atoms with Crippen LogP contribution in [0.25, 0.3) is 0 Å². The van der Waals surface area contributed by atoms with Crippen molar-refractivity contribution in [1.82, 2.24) is 0 Å². The largest absolute Gasteiger partial charge is 0.390 e. The molecule has 0 radical (unpaired) electrons. The normalized spacial score (nSPS) is 57.0. The number of aliphatic hydroxyl groups is 1. The first-order chi connectivity index (χ1) is 6.67. The smallest absolute Gasteiger partial charge is 0.0693 e. The molecule has 3 fully saturated rings. The molecule has 0 aromatic carbocycles. The summed E-state index contributed by atoms with van der Waals surface area (Å²) < 4.78 is 0. The van der Waals surface area contributed by atoms with Gasteiger partial charge in [-0.15, -0.1) is 0 Å². The standard InChI is InChI=1S/C12H21NO/c13-10-3-4-12(14,7-10)11-6-8-1-2-9(11)5-8/h8-11,14H,1-7,13H2. The van der Waals surface area contributed by atoms with Gasteiger partial charge < -0.3 is 10.8 Å². The molecule has 14 heavy (non-hydrogen) atoms. The fourth-order valence-corrected chi connectivity index (χ4v) is 4.33. The Bertz CT molecular complexity index is 242. The van der Waals surface area contributed by atoms with Crippen LogP contribution in [0.5, 0.6) is 0 Å². The monoisotopic (exact) mass is 195 g/mol. The summed E-state index contributed by atoms with van der Waals surface area (Å²) in [6, 6.07) is 0.263. The number of rotatable bonds is 1. The minimum Gasteiger partial charge on any atom is -0.390 e. The molecule has 0 saturated heterocycles. The summed E-state index contributed by atoms with van der Waals surface area (Å²) in [5.74, 6) is 2.36. The van der Waals surface area contributed by atoms with Crippen molar-refractivity contribution in [3.05, 3.63) is 0 Å². The van der Waals surface area contributed by atoms with E-state index in [-0.39, 0.29) is 11.6 Å². The number of fused-ring (bicyclic) bond motifs is 2. The molecule has 2 bridgehead atoms. The lowest BCUT2D eigenvalue weighted by molar-refractivity contribution is -0.0354. The topological polar surface area (TPSA) is 46.2 Å². The van der Waals surface area contributed by atoms with Crippen molar-refractivity contribution in [2.75, 3.05) is 0 Å². The molecular weight excluding hydrogens is 174 g/mol. The first kappa shape index (κ1) is 9.17. The van der Waals surface area contributed by atoms with Gasteiger partial charge in [-0.3, -0.25) is 0 Å². The molecule has 0 aromatic heterocycles. The molecule has 0 aliphatic heterocycles. The van der Waals surface area contributed by atoms with Crippen molar-refractivity contribution in [2.45, 2.75) is 56.6 Å². The molecule has 5 atom stereocenters. The molecule has 3 aliphatic rings. The van der Waals surface area contributed by atoms with Gasteiger partial charge in [0.1, 0.15) is 0 Å². The van der Waals surface area contributed by atoms with Crippen molar-refractivity contribution in [3.8, 4) is 0 Å². The summed E-state index contributed by atoms with van der Waals surface area (Å²) in [5.41, 5.74) is 5.54. The second-order valence-corrected chi connectivity index (χ2v) is 5.89. The van der Waals surface area contributed by atoms with Crippen LogP contribution in [0.3, 0.4) is 0 Å². The first-order valence-electron chi connectivity index (χ1n) is 6.15. The minimum atomic E-state index is -0.376. The highest BCUT2D eigenvalue weighted by Gasteiger charge is 2.51. The predicted molar refractivity (Wildman–Crippen MR) is 55.7 cm³/mol. The van der Waals surface area contributed by atoms with E-state index in [1.807, 2.05) is 0 Å². The Balaban J connectivity index is 1.76. The Hall–Kier alpha value is -0.0800. The van der Waals surface area contributed by atoms with E-state index in [9.17, 15) is 5.11 Å². The molecule has 3 rings (SSSR count). The Morgan fingerprint density at radius 3 is 2.50 bits per heavy atom. The van der Waals surface area contributed by atoms with Gasteiger partial charge in [0.05, 0.1) is 5.60 Å². The molecule has 3 N–H and O–H groups in total. The van der Waals surface area contributed by atoms with Crippen molar-refractivity contribution in [3.63, 3.8) is 0 Å². The van der Waals surface area contributed by atoms with Gasteiger partial charge in [0.15, 0.2) is 0 Å². The average Bonchev–Trinajstić information content (AvgIpc) is 2.80. The highest BCUT2D eigenvalue weighted by atomic mass is 16.3. The molecule has 3 saturated carbocycles. The molecule has 3 aliphatic carbocycles. The summed E-state index contributed by atoms with van der Waals surface area (Å²) in [7, 11) is 0. The highest BCUT2D eigenvalue weighted by molar-refractivity contribution is 5.04. The molecule has 0 amide bonds. The number of hydrogen-bond acceptors (Lipinski definition) is 2. The van der Waals surface area contributed by atoms with E-state index in [4.69, 9.17) is 5.73 Å². The van der Waals surface area contributed by atoms with Gasteiger partial charge in [0, 0.05) is 6.04 Å². The van der Waals surface area contributed by atoms with E-state index in [0.717, 1.165) is 31.1 Å². The van der Waals surface area contributed by atoms with Gasteiger partial charge in [-0.05, 0) is 56.3 Å². The van der Waals surface area contributed by atoms with Crippen LogP contribution in [0.1, 0.15) is 44.9 Å². The lowest BCUT2D eigenvalue weighted by Crippen LogP contribution is -2.39. The van der Waals surface area contributed by atoms with Crippen molar-refractivity contribution >= 4 is 0 Å². The zero-order valence-corrected chi connectivity index (χ0v) is 8.78. The van der Waals surface area contributed by atoms with Crippen molar-refractivity contribution in [1.29, 1.82) is 0 Å². The quantitative estimate of drug-likeness (QED) is 0.668. The van der Waals surface area contributed by atoms with Gasteiger partial charge in [-0.25, -0.2) is 0 Å². The summed E-state index contributed by atoms with van der Waals surface area (Å²) in [6.45, 7) is 0. The summed E-state index contributed by atoms with van der Waals surface area (Å²) >= 11 is 0. The third-order valence-electron chi connectivity index (χ3n) is 4.99. The van der Waals surface area contributed by atoms with Crippen LogP contribution >= 0.6 is 0 Å². The Labute approximate surface area is 85.9 Å². The molecular formula is C12H21NO. The maximum absolute atomic E-state index is 10.6. The average molecular weight is 195 g/mol. The van der Waals surface area contributed by atoms with E-state index < -0.39 is 0 Å². The minimum absolute atomic E-state index is 0.263. The number of nitrogens with two attached hydrogens (primary N) is 1. The summed E-state index contributed by atoms with van der Waals surface area (Å²) in [5, 5.41) is 10.6. The van der Waals surface area contributed by atoms with Gasteiger partial charge in [0.25, 0.3) is 0 Å². The first-order valence-corrected chi connectivity index (χ1v) is 6.15. The maximum Gasteiger partial charge on any atom is 0.0693 e. The molecule has 2 heteroatoms. The van der Waals surface area contributed by atoms with E-state index in [0.29, 0.717) is 5.92 Å². The lowest BCUT2D eigenvalue weighted by atomic mass is 9.75. The number of hydrogen-bond donors (Lipinski definition) is 2. The van der Waals surface area contributed by atoms with Gasteiger partial charge >= 0.3 is 0 Å². The fourth-order valence-electron chi connectivity index (χ4n) is 4.33. The second-order valence-electron chi connectivity index (χ2n) is 5.89. The van der Waals surface area contributed by atoms with Gasteiger partial charge in [0.2, 0.25) is 0 Å². The van der Waals surface area contributed by atoms with Crippen LogP contribution in [-0.2, 0) is 0 Å². The SMILES string of the molecule is NC1CCC(O)(C2CC3CCC2C3)C1. The Morgan fingerprint density at radius 2 is 2.00 bits per heavy atom. The van der Waals surface area contributed by atoms with Crippen LogP contribution in [0, 0.1) is 17.8 Å². The second kappa shape index (κ2) is 2.96.